The molecule has 4 rings (SSSR count). The van der Waals surface area contributed by atoms with Crippen molar-refractivity contribution in [3.63, 3.8) is 0 Å². The minimum Gasteiger partial charge on any atom is -0.454 e. The summed E-state index contributed by atoms with van der Waals surface area (Å²) in [6.45, 7) is 1.32. The van der Waals surface area contributed by atoms with Crippen LogP contribution in [0, 0.1) is 0 Å². The molecule has 2 aromatic rings. The van der Waals surface area contributed by atoms with Crippen LogP contribution in [0.1, 0.15) is 24.0 Å². The van der Waals surface area contributed by atoms with Gasteiger partial charge in [0, 0.05) is 23.5 Å². The summed E-state index contributed by atoms with van der Waals surface area (Å²) in [5.74, 6) is 1.46. The van der Waals surface area contributed by atoms with E-state index in [4.69, 9.17) is 21.1 Å². The van der Waals surface area contributed by atoms with Gasteiger partial charge in [0.2, 0.25) is 6.79 Å². The van der Waals surface area contributed by atoms with Crippen molar-refractivity contribution in [3.05, 3.63) is 58.6 Å². The van der Waals surface area contributed by atoms with Gasteiger partial charge in [0.1, 0.15) is 0 Å². The van der Waals surface area contributed by atoms with Crippen LogP contribution in [0.5, 0.6) is 11.5 Å². The smallest absolute Gasteiger partial charge is 0.315 e. The Morgan fingerprint density at radius 1 is 1.04 bits per heavy atom. The number of amides is 2. The summed E-state index contributed by atoms with van der Waals surface area (Å²) in [4.78, 5) is 12.1. The van der Waals surface area contributed by atoms with Gasteiger partial charge in [-0.1, -0.05) is 29.8 Å². The first kappa shape index (κ1) is 16.1. The van der Waals surface area contributed by atoms with Crippen LogP contribution in [0.25, 0.3) is 0 Å². The fourth-order valence-corrected chi connectivity index (χ4v) is 3.19. The summed E-state index contributed by atoms with van der Waals surface area (Å²) in [6.07, 6.45) is 2.16. The van der Waals surface area contributed by atoms with Crippen molar-refractivity contribution >= 4 is 17.6 Å². The van der Waals surface area contributed by atoms with Crippen molar-refractivity contribution in [2.75, 3.05) is 13.3 Å². The molecule has 5 nitrogen and oxygen atoms in total. The molecule has 1 saturated carbocycles. The van der Waals surface area contributed by atoms with Crippen LogP contribution < -0.4 is 20.1 Å². The summed E-state index contributed by atoms with van der Waals surface area (Å²) in [5.41, 5.74) is 2.26. The van der Waals surface area contributed by atoms with Gasteiger partial charge in [-0.3, -0.25) is 0 Å². The number of hydrogen-bond donors (Lipinski definition) is 2. The maximum absolute atomic E-state index is 12.1. The highest BCUT2D eigenvalue weighted by atomic mass is 35.5. The molecular formula is C19H19ClN2O3. The summed E-state index contributed by atoms with van der Waals surface area (Å²) >= 11 is 5.95. The van der Waals surface area contributed by atoms with Gasteiger partial charge >= 0.3 is 6.03 Å². The van der Waals surface area contributed by atoms with Crippen LogP contribution in [0.15, 0.2) is 42.5 Å². The lowest BCUT2D eigenvalue weighted by molar-refractivity contribution is 0.174. The Kier molecular flexibility index (Phi) is 4.17. The molecule has 0 bridgehead atoms. The Hall–Kier alpha value is -2.40. The van der Waals surface area contributed by atoms with Crippen LogP contribution >= 0.6 is 11.6 Å². The largest absolute Gasteiger partial charge is 0.454 e. The predicted molar refractivity (Wildman–Crippen MR) is 95.2 cm³/mol. The van der Waals surface area contributed by atoms with E-state index in [1.54, 1.807) is 0 Å². The maximum Gasteiger partial charge on any atom is 0.315 e. The molecule has 1 heterocycles. The first-order valence-electron chi connectivity index (χ1n) is 8.31. The molecule has 1 fully saturated rings. The molecule has 1 aliphatic carbocycles. The summed E-state index contributed by atoms with van der Waals surface area (Å²) in [5, 5.41) is 6.60. The number of urea groups is 1. The Morgan fingerprint density at radius 3 is 2.56 bits per heavy atom. The number of benzene rings is 2. The van der Waals surface area contributed by atoms with E-state index in [9.17, 15) is 4.79 Å². The minimum absolute atomic E-state index is 0.0562. The molecule has 2 aliphatic rings. The standard InChI is InChI=1S/C19H19ClN2O3/c20-15-4-2-14(3-5-15)19(7-8-19)11-22-18(23)21-10-13-1-6-16-17(9-13)25-12-24-16/h1-6,9H,7-8,10-12H2,(H2,21,22,23). The highest BCUT2D eigenvalue weighted by Crippen LogP contribution is 2.47. The topological polar surface area (TPSA) is 59.6 Å². The SMILES string of the molecule is O=C(NCc1ccc2c(c1)OCO2)NCC1(c2ccc(Cl)cc2)CC1. The molecule has 0 unspecified atom stereocenters. The van der Waals surface area contributed by atoms with E-state index in [0.29, 0.717) is 13.1 Å². The van der Waals surface area contributed by atoms with Gasteiger partial charge in [-0.05, 0) is 48.2 Å². The van der Waals surface area contributed by atoms with Crippen LogP contribution in [0.3, 0.4) is 0 Å². The van der Waals surface area contributed by atoms with E-state index in [-0.39, 0.29) is 18.2 Å². The van der Waals surface area contributed by atoms with Crippen LogP contribution in [0.4, 0.5) is 4.79 Å². The molecule has 0 radical (unpaired) electrons. The van der Waals surface area contributed by atoms with Crippen molar-refractivity contribution in [2.45, 2.75) is 24.8 Å². The number of carbonyl (C=O) groups excluding carboxylic acids is 1. The lowest BCUT2D eigenvalue weighted by Crippen LogP contribution is -2.39. The zero-order chi connectivity index (χ0) is 17.3. The average molecular weight is 359 g/mol. The lowest BCUT2D eigenvalue weighted by Gasteiger charge is -2.17. The van der Waals surface area contributed by atoms with E-state index in [1.807, 2.05) is 42.5 Å². The Bertz CT molecular complexity index is 788. The van der Waals surface area contributed by atoms with E-state index in [1.165, 1.54) is 5.56 Å². The van der Waals surface area contributed by atoms with Crippen LogP contribution in [-0.2, 0) is 12.0 Å². The van der Waals surface area contributed by atoms with Gasteiger partial charge in [-0.15, -0.1) is 0 Å². The maximum atomic E-state index is 12.1. The van der Waals surface area contributed by atoms with Crippen molar-refractivity contribution in [3.8, 4) is 11.5 Å². The predicted octanol–water partition coefficient (Wildman–Crippen LogP) is 3.60. The van der Waals surface area contributed by atoms with Gasteiger partial charge in [-0.2, -0.15) is 0 Å². The Balaban J connectivity index is 1.29. The summed E-state index contributed by atoms with van der Waals surface area (Å²) in [6, 6.07) is 13.4. The Morgan fingerprint density at radius 2 is 1.80 bits per heavy atom. The monoisotopic (exact) mass is 358 g/mol. The number of halogens is 1. The second kappa shape index (κ2) is 6.48. The first-order valence-corrected chi connectivity index (χ1v) is 8.69. The number of fused-ring (bicyclic) bond motifs is 1. The number of ether oxygens (including phenoxy) is 2. The molecule has 0 aromatic heterocycles. The summed E-state index contributed by atoms with van der Waals surface area (Å²) < 4.78 is 10.6. The molecule has 0 spiro atoms. The zero-order valence-corrected chi connectivity index (χ0v) is 14.4. The van der Waals surface area contributed by atoms with Gasteiger partial charge < -0.3 is 20.1 Å². The quantitative estimate of drug-likeness (QED) is 0.858. The second-order valence-corrected chi connectivity index (χ2v) is 6.95. The normalized spacial score (nSPS) is 16.4. The molecule has 130 valence electrons. The van der Waals surface area contributed by atoms with Crippen molar-refractivity contribution < 1.29 is 14.3 Å². The third kappa shape index (κ3) is 3.51. The van der Waals surface area contributed by atoms with E-state index in [2.05, 4.69) is 10.6 Å². The summed E-state index contributed by atoms with van der Waals surface area (Å²) in [7, 11) is 0. The van der Waals surface area contributed by atoms with E-state index >= 15 is 0 Å². The van der Waals surface area contributed by atoms with Gasteiger partial charge in [-0.25, -0.2) is 4.79 Å². The molecule has 0 atom stereocenters. The molecular weight excluding hydrogens is 340 g/mol. The van der Waals surface area contributed by atoms with Gasteiger partial charge in [0.25, 0.3) is 0 Å². The lowest BCUT2D eigenvalue weighted by atomic mass is 9.96. The molecule has 2 aromatic carbocycles. The average Bonchev–Trinajstić information content (AvgIpc) is 3.27. The first-order chi connectivity index (χ1) is 12.1. The molecule has 1 aliphatic heterocycles. The molecule has 0 saturated heterocycles. The Labute approximate surface area is 151 Å². The van der Waals surface area contributed by atoms with Crippen molar-refractivity contribution in [1.29, 1.82) is 0 Å². The highest BCUT2D eigenvalue weighted by Gasteiger charge is 2.44. The molecule has 2 amide bonds. The third-order valence-corrected chi connectivity index (χ3v) is 5.04. The minimum atomic E-state index is -0.169. The molecule has 2 N–H and O–H groups in total. The van der Waals surface area contributed by atoms with E-state index < -0.39 is 0 Å². The number of nitrogens with one attached hydrogen (secondary N) is 2. The number of hydrogen-bond acceptors (Lipinski definition) is 3. The number of rotatable bonds is 5. The second-order valence-electron chi connectivity index (χ2n) is 6.51. The van der Waals surface area contributed by atoms with Crippen LogP contribution in [-0.4, -0.2) is 19.4 Å². The molecule has 6 heteroatoms. The van der Waals surface area contributed by atoms with Crippen LogP contribution in [0.2, 0.25) is 5.02 Å². The number of carbonyl (C=O) groups is 1. The molecule has 25 heavy (non-hydrogen) atoms. The van der Waals surface area contributed by atoms with Crippen molar-refractivity contribution in [2.24, 2.45) is 0 Å². The van der Waals surface area contributed by atoms with Gasteiger partial charge in [0.15, 0.2) is 11.5 Å². The van der Waals surface area contributed by atoms with E-state index in [0.717, 1.165) is 34.9 Å². The fraction of sp³-hybridized carbons (Fsp3) is 0.316. The fourth-order valence-electron chi connectivity index (χ4n) is 3.07. The van der Waals surface area contributed by atoms with Gasteiger partial charge in [0.05, 0.1) is 0 Å². The third-order valence-electron chi connectivity index (χ3n) is 4.79. The van der Waals surface area contributed by atoms with Crippen molar-refractivity contribution in [1.82, 2.24) is 10.6 Å². The zero-order valence-electron chi connectivity index (χ0n) is 13.7. The highest BCUT2D eigenvalue weighted by molar-refractivity contribution is 6.30.